The lowest BCUT2D eigenvalue weighted by molar-refractivity contribution is -0.119. The molecule has 2 fully saturated rings. The number of hydrogen-bond donors (Lipinski definition) is 1. The molecule has 0 saturated carbocycles. The van der Waals surface area contributed by atoms with E-state index in [-0.39, 0.29) is 5.91 Å². The van der Waals surface area contributed by atoms with Crippen molar-refractivity contribution in [2.45, 2.75) is 74.5 Å². The Labute approximate surface area is 178 Å². The van der Waals surface area contributed by atoms with E-state index in [0.29, 0.717) is 23.9 Å². The van der Waals surface area contributed by atoms with Gasteiger partial charge in [0.1, 0.15) is 0 Å². The van der Waals surface area contributed by atoms with Gasteiger partial charge in [-0.15, -0.1) is 11.8 Å². The summed E-state index contributed by atoms with van der Waals surface area (Å²) in [5, 5.41) is 3.34. The standard InChI is InChI=1S/C25H30N2OS/c28-25(17-29-24-12-9-19-7-4-8-20(19)13-24)26-21-14-22-10-11-23(15-21)27(22)16-18-5-2-1-3-6-18/h1-3,5-6,9,12-13,21-23H,4,7-8,10-11,14-17H2,(H,26,28). The fourth-order valence-corrected chi connectivity index (χ4v) is 6.27. The fraction of sp³-hybridized carbons (Fsp3) is 0.480. The van der Waals surface area contributed by atoms with Gasteiger partial charge in [0.05, 0.1) is 5.75 Å². The highest BCUT2D eigenvalue weighted by molar-refractivity contribution is 8.00. The minimum atomic E-state index is 0.191. The maximum absolute atomic E-state index is 12.6. The maximum atomic E-state index is 12.6. The molecule has 0 radical (unpaired) electrons. The molecule has 2 aliphatic heterocycles. The van der Waals surface area contributed by atoms with Crippen LogP contribution in [0.4, 0.5) is 0 Å². The monoisotopic (exact) mass is 406 g/mol. The van der Waals surface area contributed by atoms with Gasteiger partial charge in [-0.05, 0) is 73.8 Å². The topological polar surface area (TPSA) is 32.3 Å². The van der Waals surface area contributed by atoms with Crippen LogP contribution in [0.3, 0.4) is 0 Å². The molecule has 1 amide bonds. The van der Waals surface area contributed by atoms with E-state index < -0.39 is 0 Å². The number of nitrogens with one attached hydrogen (secondary N) is 1. The highest BCUT2D eigenvalue weighted by Gasteiger charge is 2.40. The van der Waals surface area contributed by atoms with Gasteiger partial charge in [0.2, 0.25) is 5.91 Å². The molecular weight excluding hydrogens is 376 g/mol. The van der Waals surface area contributed by atoms with Crippen molar-refractivity contribution >= 4 is 17.7 Å². The molecule has 2 aromatic carbocycles. The Kier molecular flexibility index (Phi) is 5.65. The van der Waals surface area contributed by atoms with E-state index >= 15 is 0 Å². The van der Waals surface area contributed by atoms with Gasteiger partial charge < -0.3 is 5.32 Å². The van der Waals surface area contributed by atoms with Gasteiger partial charge in [0.25, 0.3) is 0 Å². The number of carbonyl (C=O) groups is 1. The number of carbonyl (C=O) groups excluding carboxylic acids is 1. The SMILES string of the molecule is O=C(CSc1ccc2c(c1)CCC2)NC1CC2CCC(C1)N2Cc1ccccc1. The molecule has 3 aliphatic rings. The average molecular weight is 407 g/mol. The smallest absolute Gasteiger partial charge is 0.230 e. The van der Waals surface area contributed by atoms with Crippen LogP contribution in [0.5, 0.6) is 0 Å². The Morgan fingerprint density at radius 1 is 1.00 bits per heavy atom. The molecule has 2 heterocycles. The number of nitrogens with zero attached hydrogens (tertiary/aromatic N) is 1. The van der Waals surface area contributed by atoms with Gasteiger partial charge in [-0.2, -0.15) is 0 Å². The van der Waals surface area contributed by atoms with Crippen molar-refractivity contribution in [3.63, 3.8) is 0 Å². The summed E-state index contributed by atoms with van der Waals surface area (Å²) in [4.78, 5) is 16.5. The van der Waals surface area contributed by atoms with Gasteiger partial charge in [-0.25, -0.2) is 0 Å². The minimum Gasteiger partial charge on any atom is -0.353 e. The molecule has 5 rings (SSSR count). The van der Waals surface area contributed by atoms with Gasteiger partial charge in [0.15, 0.2) is 0 Å². The molecule has 1 aliphatic carbocycles. The van der Waals surface area contributed by atoms with Crippen LogP contribution in [0.15, 0.2) is 53.4 Å². The third-order valence-electron chi connectivity index (χ3n) is 6.90. The van der Waals surface area contributed by atoms with Gasteiger partial charge in [0, 0.05) is 29.6 Å². The summed E-state index contributed by atoms with van der Waals surface area (Å²) < 4.78 is 0. The van der Waals surface area contributed by atoms with Crippen molar-refractivity contribution < 1.29 is 4.79 Å². The van der Waals surface area contributed by atoms with E-state index in [0.717, 1.165) is 19.4 Å². The number of piperidine rings is 1. The predicted octanol–water partition coefficient (Wildman–Crippen LogP) is 4.58. The molecule has 2 saturated heterocycles. The Balaban J connectivity index is 1.12. The van der Waals surface area contributed by atoms with Crippen molar-refractivity contribution in [3.05, 3.63) is 65.2 Å². The molecule has 0 aromatic heterocycles. The summed E-state index contributed by atoms with van der Waals surface area (Å²) in [5.74, 6) is 0.717. The number of hydrogen-bond acceptors (Lipinski definition) is 3. The first-order valence-corrected chi connectivity index (χ1v) is 12.1. The van der Waals surface area contributed by atoms with Crippen LogP contribution in [0.2, 0.25) is 0 Å². The first-order chi connectivity index (χ1) is 14.2. The van der Waals surface area contributed by atoms with Gasteiger partial charge >= 0.3 is 0 Å². The fourth-order valence-electron chi connectivity index (χ4n) is 5.50. The second-order valence-electron chi connectivity index (χ2n) is 8.85. The second-order valence-corrected chi connectivity index (χ2v) is 9.90. The Morgan fingerprint density at radius 3 is 2.55 bits per heavy atom. The molecule has 2 unspecified atom stereocenters. The van der Waals surface area contributed by atoms with E-state index in [1.807, 2.05) is 0 Å². The van der Waals surface area contributed by atoms with Crippen LogP contribution in [-0.4, -0.2) is 34.7 Å². The van der Waals surface area contributed by atoms with Crippen molar-refractivity contribution in [2.24, 2.45) is 0 Å². The van der Waals surface area contributed by atoms with Crippen LogP contribution in [-0.2, 0) is 24.2 Å². The molecule has 29 heavy (non-hydrogen) atoms. The Bertz CT molecular complexity index is 854. The molecule has 4 heteroatoms. The van der Waals surface area contributed by atoms with E-state index in [1.165, 1.54) is 53.7 Å². The summed E-state index contributed by atoms with van der Waals surface area (Å²) in [6.07, 6.45) is 8.42. The lowest BCUT2D eigenvalue weighted by atomic mass is 9.96. The number of benzene rings is 2. The molecule has 1 N–H and O–H groups in total. The number of aryl methyl sites for hydroxylation is 2. The Morgan fingerprint density at radius 2 is 1.76 bits per heavy atom. The highest BCUT2D eigenvalue weighted by atomic mass is 32.2. The molecule has 152 valence electrons. The average Bonchev–Trinajstić information content (AvgIpc) is 3.28. The summed E-state index contributed by atoms with van der Waals surface area (Å²) >= 11 is 1.68. The predicted molar refractivity (Wildman–Crippen MR) is 119 cm³/mol. The van der Waals surface area contributed by atoms with Crippen molar-refractivity contribution in [1.82, 2.24) is 10.2 Å². The normalized spacial score (nSPS) is 25.7. The molecule has 3 nitrogen and oxygen atoms in total. The van der Waals surface area contributed by atoms with Crippen molar-refractivity contribution in [2.75, 3.05) is 5.75 Å². The van der Waals surface area contributed by atoms with Crippen LogP contribution in [0, 0.1) is 0 Å². The maximum Gasteiger partial charge on any atom is 0.230 e. The van der Waals surface area contributed by atoms with E-state index in [2.05, 4.69) is 58.7 Å². The Hall–Kier alpha value is -1.78. The zero-order valence-corrected chi connectivity index (χ0v) is 17.8. The van der Waals surface area contributed by atoms with Crippen molar-refractivity contribution in [1.29, 1.82) is 0 Å². The van der Waals surface area contributed by atoms with Gasteiger partial charge in [-0.3, -0.25) is 9.69 Å². The molecular formula is C25H30N2OS. The van der Waals surface area contributed by atoms with E-state index in [1.54, 1.807) is 11.8 Å². The van der Waals surface area contributed by atoms with Crippen LogP contribution < -0.4 is 5.32 Å². The second kappa shape index (κ2) is 8.53. The quantitative estimate of drug-likeness (QED) is 0.713. The van der Waals surface area contributed by atoms with Crippen LogP contribution in [0.1, 0.15) is 48.8 Å². The van der Waals surface area contributed by atoms with Crippen LogP contribution >= 0.6 is 11.8 Å². The molecule has 2 bridgehead atoms. The summed E-state index contributed by atoms with van der Waals surface area (Å²) in [6, 6.07) is 19.1. The summed E-state index contributed by atoms with van der Waals surface area (Å²) in [7, 11) is 0. The molecule has 2 atom stereocenters. The molecule has 2 aromatic rings. The number of fused-ring (bicyclic) bond motifs is 3. The first kappa shape index (κ1) is 19.2. The number of amides is 1. The molecule has 0 spiro atoms. The van der Waals surface area contributed by atoms with Crippen molar-refractivity contribution in [3.8, 4) is 0 Å². The highest BCUT2D eigenvalue weighted by Crippen LogP contribution is 2.37. The largest absolute Gasteiger partial charge is 0.353 e. The van der Waals surface area contributed by atoms with E-state index in [4.69, 9.17) is 0 Å². The number of rotatable bonds is 6. The zero-order valence-electron chi connectivity index (χ0n) is 17.0. The summed E-state index contributed by atoms with van der Waals surface area (Å²) in [5.41, 5.74) is 4.38. The third-order valence-corrected chi connectivity index (χ3v) is 7.89. The first-order valence-electron chi connectivity index (χ1n) is 11.1. The lowest BCUT2D eigenvalue weighted by Crippen LogP contribution is -2.50. The summed E-state index contributed by atoms with van der Waals surface area (Å²) in [6.45, 7) is 1.05. The number of thioether (sulfide) groups is 1. The van der Waals surface area contributed by atoms with E-state index in [9.17, 15) is 4.79 Å². The van der Waals surface area contributed by atoms with Gasteiger partial charge in [-0.1, -0.05) is 36.4 Å². The lowest BCUT2D eigenvalue weighted by Gasteiger charge is -2.39. The zero-order chi connectivity index (χ0) is 19.6. The van der Waals surface area contributed by atoms with Crippen LogP contribution in [0.25, 0.3) is 0 Å². The third kappa shape index (κ3) is 4.39. The minimum absolute atomic E-state index is 0.191.